The summed E-state index contributed by atoms with van der Waals surface area (Å²) in [6.07, 6.45) is 4.24. The zero-order valence-corrected chi connectivity index (χ0v) is 13.4. The van der Waals surface area contributed by atoms with Crippen LogP contribution in [0.5, 0.6) is 0 Å². The molecule has 0 aliphatic rings. The third kappa shape index (κ3) is 6.39. The Balaban J connectivity index is 2.93. The molecule has 0 N–H and O–H groups in total. The van der Waals surface area contributed by atoms with Crippen molar-refractivity contribution in [1.29, 1.82) is 0 Å². The van der Waals surface area contributed by atoms with Gasteiger partial charge in [0.1, 0.15) is 5.57 Å². The molecule has 0 spiro atoms. The van der Waals surface area contributed by atoms with Crippen LogP contribution in [-0.2, 0) is 19.1 Å². The van der Waals surface area contributed by atoms with Crippen LogP contribution in [0, 0.1) is 0 Å². The van der Waals surface area contributed by atoms with Crippen LogP contribution in [0.2, 0.25) is 0 Å². The molecule has 0 heterocycles. The molecule has 0 atom stereocenters. The Morgan fingerprint density at radius 2 is 1.41 bits per heavy atom. The van der Waals surface area contributed by atoms with E-state index in [4.69, 9.17) is 9.47 Å². The first-order chi connectivity index (χ1) is 10.4. The first-order valence-electron chi connectivity index (χ1n) is 7.25. The van der Waals surface area contributed by atoms with Gasteiger partial charge in [0, 0.05) is 0 Å². The number of carbonyl (C=O) groups is 2. The quantitative estimate of drug-likeness (QED) is 0.265. The maximum Gasteiger partial charge on any atom is 0.345 e. The van der Waals surface area contributed by atoms with Crippen LogP contribution in [0.4, 0.5) is 0 Å². The summed E-state index contributed by atoms with van der Waals surface area (Å²) in [6.45, 7) is 6.90. The molecular weight excluding hydrogens is 280 g/mol. The second-order valence-corrected chi connectivity index (χ2v) is 5.26. The van der Waals surface area contributed by atoms with Gasteiger partial charge in [0.2, 0.25) is 0 Å². The molecule has 22 heavy (non-hydrogen) atoms. The number of hydrogen-bond acceptors (Lipinski definition) is 4. The third-order valence-electron chi connectivity index (χ3n) is 2.48. The molecule has 0 bridgehead atoms. The first-order valence-corrected chi connectivity index (χ1v) is 7.25. The third-order valence-corrected chi connectivity index (χ3v) is 2.48. The fourth-order valence-electron chi connectivity index (χ4n) is 1.59. The van der Waals surface area contributed by atoms with E-state index in [1.54, 1.807) is 39.8 Å². The molecule has 0 saturated heterocycles. The van der Waals surface area contributed by atoms with Crippen molar-refractivity contribution in [3.8, 4) is 0 Å². The van der Waals surface area contributed by atoms with Crippen LogP contribution in [0.3, 0.4) is 0 Å². The molecule has 0 unspecified atom stereocenters. The summed E-state index contributed by atoms with van der Waals surface area (Å²) in [5.41, 5.74) is 0.849. The van der Waals surface area contributed by atoms with Gasteiger partial charge in [-0.2, -0.15) is 0 Å². The number of ether oxygens (including phenoxy) is 2. The molecule has 0 aromatic heterocycles. The molecule has 0 saturated carbocycles. The average Bonchev–Trinajstić information content (AvgIpc) is 2.42. The lowest BCUT2D eigenvalue weighted by molar-refractivity contribution is -0.150. The molecular formula is C18H22O4. The van der Waals surface area contributed by atoms with Crippen LogP contribution in [0.1, 0.15) is 33.3 Å². The van der Waals surface area contributed by atoms with Crippen molar-refractivity contribution >= 4 is 18.0 Å². The predicted octanol–water partition coefficient (Wildman–Crippen LogP) is 3.53. The SMILES string of the molecule is CC(C)OC(=O)C(=CC=Cc1ccccc1)C(=O)OC(C)C. The highest BCUT2D eigenvalue weighted by molar-refractivity contribution is 6.14. The molecule has 1 aromatic rings. The minimum absolute atomic E-state index is 0.116. The summed E-state index contributed by atoms with van der Waals surface area (Å²) < 4.78 is 10.2. The van der Waals surface area contributed by atoms with Crippen molar-refractivity contribution in [3.63, 3.8) is 0 Å². The molecule has 0 fully saturated rings. The van der Waals surface area contributed by atoms with Crippen molar-refractivity contribution in [2.45, 2.75) is 39.9 Å². The lowest BCUT2D eigenvalue weighted by Gasteiger charge is -2.12. The maximum atomic E-state index is 12.0. The van der Waals surface area contributed by atoms with E-state index >= 15 is 0 Å². The van der Waals surface area contributed by atoms with Crippen molar-refractivity contribution in [2.75, 3.05) is 0 Å². The molecule has 1 aromatic carbocycles. The second kappa shape index (κ2) is 8.82. The van der Waals surface area contributed by atoms with E-state index in [1.807, 2.05) is 30.3 Å². The zero-order valence-electron chi connectivity index (χ0n) is 13.4. The Hall–Kier alpha value is -2.36. The summed E-state index contributed by atoms with van der Waals surface area (Å²) in [5.74, 6) is -1.36. The van der Waals surface area contributed by atoms with Crippen LogP contribution < -0.4 is 0 Å². The second-order valence-electron chi connectivity index (χ2n) is 5.26. The molecule has 4 heteroatoms. The summed E-state index contributed by atoms with van der Waals surface area (Å²) >= 11 is 0. The molecule has 118 valence electrons. The van der Waals surface area contributed by atoms with Gasteiger partial charge in [0.15, 0.2) is 0 Å². The predicted molar refractivity (Wildman–Crippen MR) is 86.0 cm³/mol. The highest BCUT2D eigenvalue weighted by Gasteiger charge is 2.22. The summed E-state index contributed by atoms with van der Waals surface area (Å²) in [5, 5.41) is 0. The number of carbonyl (C=O) groups excluding carboxylic acids is 2. The number of allylic oxidation sites excluding steroid dienone is 2. The molecule has 0 radical (unpaired) electrons. The Kier molecular flexibility index (Phi) is 7.09. The van der Waals surface area contributed by atoms with Gasteiger partial charge in [-0.25, -0.2) is 9.59 Å². The number of hydrogen-bond donors (Lipinski definition) is 0. The van der Waals surface area contributed by atoms with Gasteiger partial charge in [-0.1, -0.05) is 42.5 Å². The Labute approximate surface area is 131 Å². The van der Waals surface area contributed by atoms with Gasteiger partial charge in [-0.05, 0) is 39.3 Å². The van der Waals surface area contributed by atoms with E-state index in [1.165, 1.54) is 6.08 Å². The summed E-state index contributed by atoms with van der Waals surface area (Å²) in [7, 11) is 0. The standard InChI is InChI=1S/C18H22O4/c1-13(2)21-17(19)16(18(20)22-14(3)4)12-8-11-15-9-6-5-7-10-15/h5-14H,1-4H3. The van der Waals surface area contributed by atoms with Crippen molar-refractivity contribution in [3.05, 3.63) is 53.6 Å². The van der Waals surface area contributed by atoms with E-state index < -0.39 is 11.9 Å². The molecule has 0 aliphatic heterocycles. The van der Waals surface area contributed by atoms with E-state index in [9.17, 15) is 9.59 Å². The average molecular weight is 302 g/mol. The maximum absolute atomic E-state index is 12.0. The van der Waals surface area contributed by atoms with Crippen molar-refractivity contribution in [1.82, 2.24) is 0 Å². The number of esters is 2. The normalized spacial score (nSPS) is 10.8. The fraction of sp³-hybridized carbons (Fsp3) is 0.333. The molecule has 0 amide bonds. The molecule has 1 rings (SSSR count). The number of benzene rings is 1. The van der Waals surface area contributed by atoms with Crippen molar-refractivity contribution in [2.24, 2.45) is 0 Å². The lowest BCUT2D eigenvalue weighted by Crippen LogP contribution is -2.23. The van der Waals surface area contributed by atoms with Gasteiger partial charge in [-0.3, -0.25) is 0 Å². The topological polar surface area (TPSA) is 52.6 Å². The Morgan fingerprint density at radius 3 is 1.86 bits per heavy atom. The largest absolute Gasteiger partial charge is 0.459 e. The Morgan fingerprint density at radius 1 is 0.909 bits per heavy atom. The highest BCUT2D eigenvalue weighted by atomic mass is 16.6. The van der Waals surface area contributed by atoms with E-state index in [0.717, 1.165) is 5.56 Å². The van der Waals surface area contributed by atoms with E-state index in [0.29, 0.717) is 0 Å². The van der Waals surface area contributed by atoms with Gasteiger partial charge in [0.25, 0.3) is 0 Å². The molecule has 0 aliphatic carbocycles. The summed E-state index contributed by atoms with van der Waals surface area (Å²) in [4.78, 5) is 24.0. The monoisotopic (exact) mass is 302 g/mol. The number of rotatable bonds is 6. The van der Waals surface area contributed by atoms with Crippen molar-refractivity contribution < 1.29 is 19.1 Å². The van der Waals surface area contributed by atoms with E-state index in [2.05, 4.69) is 0 Å². The van der Waals surface area contributed by atoms with E-state index in [-0.39, 0.29) is 17.8 Å². The lowest BCUT2D eigenvalue weighted by atomic mass is 10.2. The molecule has 4 nitrogen and oxygen atoms in total. The van der Waals surface area contributed by atoms with Gasteiger partial charge in [0.05, 0.1) is 12.2 Å². The minimum Gasteiger partial charge on any atom is -0.459 e. The Bertz CT molecular complexity index is 530. The minimum atomic E-state index is -0.682. The van der Waals surface area contributed by atoms with Crippen LogP contribution in [0.25, 0.3) is 6.08 Å². The highest BCUT2D eigenvalue weighted by Crippen LogP contribution is 2.08. The summed E-state index contributed by atoms with van der Waals surface area (Å²) in [6, 6.07) is 9.57. The van der Waals surface area contributed by atoms with Crippen LogP contribution >= 0.6 is 0 Å². The van der Waals surface area contributed by atoms with Crippen LogP contribution in [-0.4, -0.2) is 24.1 Å². The van der Waals surface area contributed by atoms with Gasteiger partial charge < -0.3 is 9.47 Å². The fourth-order valence-corrected chi connectivity index (χ4v) is 1.59. The zero-order chi connectivity index (χ0) is 16.5. The first kappa shape index (κ1) is 17.7. The van der Waals surface area contributed by atoms with Gasteiger partial charge in [-0.15, -0.1) is 0 Å². The smallest absolute Gasteiger partial charge is 0.345 e. The van der Waals surface area contributed by atoms with Crippen LogP contribution in [0.15, 0.2) is 48.1 Å². The van der Waals surface area contributed by atoms with Gasteiger partial charge >= 0.3 is 11.9 Å².